The summed E-state index contributed by atoms with van der Waals surface area (Å²) in [4.78, 5) is 16.9. The molecule has 0 bridgehead atoms. The molecule has 0 saturated carbocycles. The first-order valence-electron chi connectivity index (χ1n) is 7.37. The highest BCUT2D eigenvalue weighted by molar-refractivity contribution is 7.22. The number of thiazole rings is 1. The van der Waals surface area contributed by atoms with E-state index in [1.54, 1.807) is 13.2 Å². The first-order valence-corrected chi connectivity index (χ1v) is 8.19. The molecule has 122 valence electrons. The van der Waals surface area contributed by atoms with Crippen molar-refractivity contribution in [3.63, 3.8) is 0 Å². The van der Waals surface area contributed by atoms with Gasteiger partial charge in [0.15, 0.2) is 16.6 Å². The number of para-hydroxylation sites is 3. The molecule has 0 saturated heterocycles. The summed E-state index contributed by atoms with van der Waals surface area (Å²) >= 11 is 1.39. The summed E-state index contributed by atoms with van der Waals surface area (Å²) in [6, 6.07) is 12.9. The van der Waals surface area contributed by atoms with Crippen molar-refractivity contribution in [3.8, 4) is 17.2 Å². The zero-order valence-corrected chi connectivity index (χ0v) is 13.6. The van der Waals surface area contributed by atoms with Gasteiger partial charge in [0.05, 0.1) is 11.8 Å². The Morgan fingerprint density at radius 3 is 2.92 bits per heavy atom. The number of amides is 1. The van der Waals surface area contributed by atoms with E-state index in [0.29, 0.717) is 22.4 Å². The molecular weight excluding hydrogens is 328 g/mol. The minimum atomic E-state index is -0.714. The minimum absolute atomic E-state index is 0.164. The van der Waals surface area contributed by atoms with Gasteiger partial charge in [0.2, 0.25) is 6.10 Å². The molecule has 1 aliphatic heterocycles. The van der Waals surface area contributed by atoms with Crippen molar-refractivity contribution in [1.29, 1.82) is 0 Å². The van der Waals surface area contributed by atoms with Crippen molar-refractivity contribution in [2.45, 2.75) is 6.10 Å². The number of ether oxygens (including phenoxy) is 3. The van der Waals surface area contributed by atoms with Gasteiger partial charge in [-0.1, -0.05) is 29.5 Å². The van der Waals surface area contributed by atoms with Crippen molar-refractivity contribution in [1.82, 2.24) is 4.98 Å². The van der Waals surface area contributed by atoms with Crippen molar-refractivity contribution in [2.75, 3.05) is 19.0 Å². The van der Waals surface area contributed by atoms with Crippen LogP contribution in [-0.4, -0.2) is 30.7 Å². The Hall–Kier alpha value is -2.80. The van der Waals surface area contributed by atoms with Crippen LogP contribution in [0.15, 0.2) is 42.5 Å². The molecule has 1 amide bonds. The fourth-order valence-electron chi connectivity index (χ4n) is 2.48. The van der Waals surface area contributed by atoms with E-state index in [9.17, 15) is 4.79 Å². The molecule has 24 heavy (non-hydrogen) atoms. The Balaban J connectivity index is 1.53. The second kappa shape index (κ2) is 6.01. The molecule has 2 heterocycles. The molecule has 0 aliphatic carbocycles. The summed E-state index contributed by atoms with van der Waals surface area (Å²) < 4.78 is 17.5. The third kappa shape index (κ3) is 2.63. The quantitative estimate of drug-likeness (QED) is 0.792. The number of nitrogens with zero attached hydrogens (tertiary/aromatic N) is 1. The zero-order chi connectivity index (χ0) is 16.5. The van der Waals surface area contributed by atoms with Crippen LogP contribution in [0.4, 0.5) is 5.13 Å². The van der Waals surface area contributed by atoms with Crippen molar-refractivity contribution in [2.24, 2.45) is 0 Å². The number of aromatic nitrogens is 1. The number of nitrogens with one attached hydrogen (secondary N) is 1. The number of benzene rings is 2. The average molecular weight is 342 g/mol. The lowest BCUT2D eigenvalue weighted by Crippen LogP contribution is -2.40. The normalized spacial score (nSPS) is 16.0. The van der Waals surface area contributed by atoms with E-state index >= 15 is 0 Å². The molecule has 2 aromatic carbocycles. The first kappa shape index (κ1) is 14.8. The molecule has 0 spiro atoms. The van der Waals surface area contributed by atoms with E-state index in [2.05, 4.69) is 10.3 Å². The summed E-state index contributed by atoms with van der Waals surface area (Å²) in [6.07, 6.45) is -0.714. The molecule has 1 aromatic heterocycles. The minimum Gasteiger partial charge on any atom is -0.494 e. The maximum Gasteiger partial charge on any atom is 0.270 e. The number of carbonyl (C=O) groups excluding carboxylic acids is 1. The van der Waals surface area contributed by atoms with Crippen LogP contribution in [0.25, 0.3) is 10.2 Å². The van der Waals surface area contributed by atoms with Crippen LogP contribution in [0, 0.1) is 0 Å². The topological polar surface area (TPSA) is 69.7 Å². The predicted octanol–water partition coefficient (Wildman–Crippen LogP) is 3.08. The highest BCUT2D eigenvalue weighted by Crippen LogP contribution is 2.33. The van der Waals surface area contributed by atoms with Crippen LogP contribution in [0.5, 0.6) is 17.2 Å². The third-order valence-corrected chi connectivity index (χ3v) is 4.57. The molecule has 1 aliphatic rings. The lowest BCUT2D eigenvalue weighted by molar-refractivity contribution is -0.125. The van der Waals surface area contributed by atoms with Crippen LogP contribution < -0.4 is 19.5 Å². The smallest absolute Gasteiger partial charge is 0.270 e. The van der Waals surface area contributed by atoms with Crippen LogP contribution >= 0.6 is 11.3 Å². The second-order valence-corrected chi connectivity index (χ2v) is 6.21. The Morgan fingerprint density at radius 1 is 1.25 bits per heavy atom. The van der Waals surface area contributed by atoms with Crippen LogP contribution in [0.3, 0.4) is 0 Å². The van der Waals surface area contributed by atoms with Gasteiger partial charge in [-0.2, -0.15) is 0 Å². The van der Waals surface area contributed by atoms with Gasteiger partial charge in [0, 0.05) is 0 Å². The van der Waals surface area contributed by atoms with Gasteiger partial charge in [-0.05, 0) is 24.3 Å². The molecule has 0 radical (unpaired) electrons. The summed E-state index contributed by atoms with van der Waals surface area (Å²) in [7, 11) is 1.59. The molecule has 1 unspecified atom stereocenters. The zero-order valence-electron chi connectivity index (χ0n) is 12.8. The third-order valence-electron chi connectivity index (χ3n) is 3.63. The van der Waals surface area contributed by atoms with E-state index < -0.39 is 6.10 Å². The molecule has 6 nitrogen and oxygen atoms in total. The van der Waals surface area contributed by atoms with Gasteiger partial charge in [0.25, 0.3) is 5.91 Å². The lowest BCUT2D eigenvalue weighted by Gasteiger charge is -2.25. The number of rotatable bonds is 3. The molecule has 1 atom stereocenters. The lowest BCUT2D eigenvalue weighted by atomic mass is 10.2. The number of hydrogen-bond acceptors (Lipinski definition) is 6. The largest absolute Gasteiger partial charge is 0.494 e. The fourth-order valence-corrected chi connectivity index (χ4v) is 3.36. The van der Waals surface area contributed by atoms with Crippen molar-refractivity contribution >= 4 is 32.6 Å². The van der Waals surface area contributed by atoms with E-state index in [4.69, 9.17) is 14.2 Å². The Morgan fingerprint density at radius 2 is 2.08 bits per heavy atom. The molecule has 0 fully saturated rings. The summed E-state index contributed by atoms with van der Waals surface area (Å²) in [6.45, 7) is 0.164. The highest BCUT2D eigenvalue weighted by Gasteiger charge is 2.28. The van der Waals surface area contributed by atoms with Crippen LogP contribution in [0.2, 0.25) is 0 Å². The summed E-state index contributed by atoms with van der Waals surface area (Å²) in [5.41, 5.74) is 0.728. The van der Waals surface area contributed by atoms with E-state index in [1.807, 2.05) is 36.4 Å². The van der Waals surface area contributed by atoms with Crippen LogP contribution in [-0.2, 0) is 4.79 Å². The maximum absolute atomic E-state index is 12.4. The summed E-state index contributed by atoms with van der Waals surface area (Å²) in [5.74, 6) is 1.60. The van der Waals surface area contributed by atoms with Gasteiger partial charge in [-0.3, -0.25) is 10.1 Å². The Labute approximate surface area is 142 Å². The van der Waals surface area contributed by atoms with Gasteiger partial charge in [-0.25, -0.2) is 4.98 Å². The van der Waals surface area contributed by atoms with Crippen LogP contribution in [0.1, 0.15) is 0 Å². The van der Waals surface area contributed by atoms with Gasteiger partial charge in [0.1, 0.15) is 17.9 Å². The molecule has 4 rings (SSSR count). The van der Waals surface area contributed by atoms with Gasteiger partial charge >= 0.3 is 0 Å². The molecule has 3 aromatic rings. The van der Waals surface area contributed by atoms with E-state index in [0.717, 1.165) is 10.2 Å². The monoisotopic (exact) mass is 342 g/mol. The molecule has 7 heteroatoms. The SMILES string of the molecule is COc1cccc2sc(NC(=O)C3COc4ccccc4O3)nc12. The Bertz CT molecular complexity index is 908. The molecule has 1 N–H and O–H groups in total. The number of fused-ring (bicyclic) bond motifs is 2. The predicted molar refractivity (Wildman–Crippen MR) is 91.2 cm³/mol. The fraction of sp³-hybridized carbons (Fsp3) is 0.176. The van der Waals surface area contributed by atoms with Crippen molar-refractivity contribution in [3.05, 3.63) is 42.5 Å². The second-order valence-electron chi connectivity index (χ2n) is 5.18. The number of carbonyl (C=O) groups is 1. The number of hydrogen-bond donors (Lipinski definition) is 1. The average Bonchev–Trinajstić information content (AvgIpc) is 3.03. The number of methoxy groups -OCH3 is 1. The van der Waals surface area contributed by atoms with E-state index in [-0.39, 0.29) is 12.5 Å². The Kier molecular flexibility index (Phi) is 3.70. The maximum atomic E-state index is 12.4. The van der Waals surface area contributed by atoms with Crippen molar-refractivity contribution < 1.29 is 19.0 Å². The highest BCUT2D eigenvalue weighted by atomic mass is 32.1. The van der Waals surface area contributed by atoms with Gasteiger partial charge in [-0.15, -0.1) is 0 Å². The summed E-state index contributed by atoms with van der Waals surface area (Å²) in [5, 5.41) is 3.29. The standard InChI is InChI=1S/C17H14N2O4S/c1-21-12-7-4-8-14-15(12)18-17(24-14)19-16(20)13-9-22-10-5-2-3-6-11(10)23-13/h2-8,13H,9H2,1H3,(H,18,19,20). The number of anilines is 1. The van der Waals surface area contributed by atoms with Gasteiger partial charge < -0.3 is 14.2 Å². The first-order chi connectivity index (χ1) is 11.7. The van der Waals surface area contributed by atoms with E-state index in [1.165, 1.54) is 11.3 Å². The molecular formula is C17H14N2O4S.